The Kier molecular flexibility index (Phi) is 5.39. The summed E-state index contributed by atoms with van der Waals surface area (Å²) in [6, 6.07) is 17.2. The quantitative estimate of drug-likeness (QED) is 0.633. The third-order valence-electron chi connectivity index (χ3n) is 6.15. The molecule has 164 valence electrons. The first-order valence-corrected chi connectivity index (χ1v) is 10.9. The van der Waals surface area contributed by atoms with E-state index in [-0.39, 0.29) is 24.3 Å². The van der Waals surface area contributed by atoms with Gasteiger partial charge in [-0.25, -0.2) is 4.68 Å². The Morgan fingerprint density at radius 1 is 1.03 bits per heavy atom. The molecule has 5 rings (SSSR count). The lowest BCUT2D eigenvalue weighted by molar-refractivity contribution is -0.131. The van der Waals surface area contributed by atoms with E-state index in [2.05, 4.69) is 0 Å². The number of nitrogens with zero attached hydrogens (tertiary/aromatic N) is 3. The van der Waals surface area contributed by atoms with E-state index in [0.717, 1.165) is 22.4 Å². The van der Waals surface area contributed by atoms with E-state index < -0.39 is 0 Å². The molecule has 3 aromatic rings. The molecule has 0 unspecified atom stereocenters. The van der Waals surface area contributed by atoms with Crippen molar-refractivity contribution in [1.29, 1.82) is 0 Å². The van der Waals surface area contributed by atoms with Crippen molar-refractivity contribution in [1.82, 2.24) is 14.7 Å². The van der Waals surface area contributed by atoms with Crippen LogP contribution < -0.4 is 15.0 Å². The Morgan fingerprint density at radius 3 is 2.56 bits per heavy atom. The fourth-order valence-corrected chi connectivity index (χ4v) is 4.40. The third kappa shape index (κ3) is 3.98. The zero-order chi connectivity index (χ0) is 22.1. The molecule has 0 atom stereocenters. The average molecular weight is 431 g/mol. The molecule has 1 amide bonds. The van der Waals surface area contributed by atoms with Crippen LogP contribution in [0.4, 0.5) is 0 Å². The molecule has 1 saturated heterocycles. The summed E-state index contributed by atoms with van der Waals surface area (Å²) in [6.45, 7) is 3.35. The maximum atomic E-state index is 12.8. The van der Waals surface area contributed by atoms with Gasteiger partial charge in [0.25, 0.3) is 5.56 Å². The molecule has 0 bridgehead atoms. The molecule has 0 saturated carbocycles. The van der Waals surface area contributed by atoms with Crippen LogP contribution in [0.25, 0.3) is 11.3 Å². The van der Waals surface area contributed by atoms with Gasteiger partial charge in [-0.3, -0.25) is 9.59 Å². The van der Waals surface area contributed by atoms with Crippen LogP contribution >= 0.6 is 0 Å². The number of rotatable bonds is 4. The monoisotopic (exact) mass is 431 g/mol. The molecule has 1 fully saturated rings. The molecule has 1 aromatic heterocycles. The first kappa shape index (κ1) is 20.3. The summed E-state index contributed by atoms with van der Waals surface area (Å²) in [4.78, 5) is 27.4. The highest BCUT2D eigenvalue weighted by molar-refractivity contribution is 5.79. The second kappa shape index (κ2) is 8.49. The van der Waals surface area contributed by atoms with Crippen LogP contribution in [-0.2, 0) is 11.2 Å². The Bertz CT molecular complexity index is 1200. The van der Waals surface area contributed by atoms with Gasteiger partial charge in [-0.1, -0.05) is 36.4 Å². The van der Waals surface area contributed by atoms with E-state index in [1.54, 1.807) is 10.7 Å². The molecule has 7 nitrogen and oxygen atoms in total. The zero-order valence-electron chi connectivity index (χ0n) is 18.0. The standard InChI is InChI=1S/C25H25N3O4/c1-17-13-24(30)28(26-25(17)19-5-3-2-4-6-19)20-9-11-27(12-10-20)23(29)15-18-7-8-21-22(14-18)32-16-31-21/h2-8,13-14,20H,9-12,15-16H2,1H3. The van der Waals surface area contributed by atoms with Crippen LogP contribution in [0.2, 0.25) is 0 Å². The first-order chi connectivity index (χ1) is 15.6. The molecule has 0 aliphatic carbocycles. The molecular weight excluding hydrogens is 406 g/mol. The van der Waals surface area contributed by atoms with Crippen LogP contribution in [0.3, 0.4) is 0 Å². The number of hydrogen-bond donors (Lipinski definition) is 0. The number of likely N-dealkylation sites (tertiary alicyclic amines) is 1. The molecule has 2 aromatic carbocycles. The predicted octanol–water partition coefficient (Wildman–Crippen LogP) is 3.35. The second-order valence-electron chi connectivity index (χ2n) is 8.30. The number of hydrogen-bond acceptors (Lipinski definition) is 5. The lowest BCUT2D eigenvalue weighted by Gasteiger charge is -2.32. The van der Waals surface area contributed by atoms with Crippen LogP contribution in [-0.4, -0.2) is 40.5 Å². The topological polar surface area (TPSA) is 73.7 Å². The van der Waals surface area contributed by atoms with Gasteiger partial charge in [-0.15, -0.1) is 0 Å². The smallest absolute Gasteiger partial charge is 0.267 e. The van der Waals surface area contributed by atoms with E-state index in [4.69, 9.17) is 14.6 Å². The Hall–Kier alpha value is -3.61. The third-order valence-corrected chi connectivity index (χ3v) is 6.15. The number of amides is 1. The summed E-state index contributed by atoms with van der Waals surface area (Å²) in [6.07, 6.45) is 1.73. The molecule has 7 heteroatoms. The van der Waals surface area contributed by atoms with E-state index in [1.165, 1.54) is 0 Å². The van der Waals surface area contributed by atoms with Crippen LogP contribution in [0.15, 0.2) is 59.4 Å². The van der Waals surface area contributed by atoms with Gasteiger partial charge in [0, 0.05) is 24.7 Å². The average Bonchev–Trinajstić information content (AvgIpc) is 3.28. The van der Waals surface area contributed by atoms with Crippen molar-refractivity contribution in [3.05, 3.63) is 76.1 Å². The number of ether oxygens (including phenoxy) is 2. The highest BCUT2D eigenvalue weighted by Gasteiger charge is 2.26. The van der Waals surface area contributed by atoms with Gasteiger partial charge < -0.3 is 14.4 Å². The molecule has 0 radical (unpaired) electrons. The van der Waals surface area contributed by atoms with Gasteiger partial charge in [0.2, 0.25) is 12.7 Å². The van der Waals surface area contributed by atoms with E-state index in [1.807, 2.05) is 60.4 Å². The van der Waals surface area contributed by atoms with Crippen LogP contribution in [0, 0.1) is 6.92 Å². The number of aromatic nitrogens is 2. The minimum absolute atomic E-state index is 0.0137. The summed E-state index contributed by atoms with van der Waals surface area (Å²) in [5.41, 5.74) is 3.51. The molecule has 2 aliphatic heterocycles. The highest BCUT2D eigenvalue weighted by Crippen LogP contribution is 2.33. The minimum atomic E-state index is -0.0904. The first-order valence-electron chi connectivity index (χ1n) is 10.9. The van der Waals surface area contributed by atoms with Crippen LogP contribution in [0.5, 0.6) is 11.5 Å². The highest BCUT2D eigenvalue weighted by atomic mass is 16.7. The summed E-state index contributed by atoms with van der Waals surface area (Å²) in [5.74, 6) is 1.48. The summed E-state index contributed by atoms with van der Waals surface area (Å²) in [7, 11) is 0. The van der Waals surface area contributed by atoms with E-state index in [9.17, 15) is 9.59 Å². The molecule has 3 heterocycles. The van der Waals surface area contributed by atoms with Gasteiger partial charge in [0.15, 0.2) is 11.5 Å². The van der Waals surface area contributed by atoms with Gasteiger partial charge in [0.05, 0.1) is 18.2 Å². The molecule has 0 spiro atoms. The zero-order valence-corrected chi connectivity index (χ0v) is 18.0. The molecular formula is C25H25N3O4. The van der Waals surface area contributed by atoms with E-state index >= 15 is 0 Å². The number of aryl methyl sites for hydroxylation is 1. The lowest BCUT2D eigenvalue weighted by atomic mass is 10.0. The number of carbonyl (C=O) groups excluding carboxylic acids is 1. The van der Waals surface area contributed by atoms with Crippen molar-refractivity contribution in [2.24, 2.45) is 0 Å². The fourth-order valence-electron chi connectivity index (χ4n) is 4.40. The number of fused-ring (bicyclic) bond motifs is 1. The largest absolute Gasteiger partial charge is 0.454 e. The SMILES string of the molecule is Cc1cc(=O)n(C2CCN(C(=O)Cc3ccc4c(c3)OCO4)CC2)nc1-c1ccccc1. The normalized spacial score (nSPS) is 15.7. The number of benzene rings is 2. The molecule has 0 N–H and O–H groups in total. The van der Waals surface area contributed by atoms with Crippen molar-refractivity contribution in [3.8, 4) is 22.8 Å². The fraction of sp³-hybridized carbons (Fsp3) is 0.320. The van der Waals surface area contributed by atoms with Crippen molar-refractivity contribution in [3.63, 3.8) is 0 Å². The van der Waals surface area contributed by atoms with E-state index in [0.29, 0.717) is 43.9 Å². The lowest BCUT2D eigenvalue weighted by Crippen LogP contribution is -2.42. The van der Waals surface area contributed by atoms with Crippen molar-refractivity contribution < 1.29 is 14.3 Å². The second-order valence-corrected chi connectivity index (χ2v) is 8.30. The van der Waals surface area contributed by atoms with Gasteiger partial charge in [0.1, 0.15) is 0 Å². The Morgan fingerprint density at radius 2 is 1.78 bits per heavy atom. The molecule has 32 heavy (non-hydrogen) atoms. The van der Waals surface area contributed by atoms with Gasteiger partial charge >= 0.3 is 0 Å². The number of piperidine rings is 1. The minimum Gasteiger partial charge on any atom is -0.454 e. The summed E-state index contributed by atoms with van der Waals surface area (Å²) < 4.78 is 12.3. The maximum Gasteiger partial charge on any atom is 0.267 e. The van der Waals surface area contributed by atoms with Gasteiger partial charge in [-0.2, -0.15) is 5.10 Å². The van der Waals surface area contributed by atoms with Crippen LogP contribution in [0.1, 0.15) is 30.0 Å². The number of carbonyl (C=O) groups is 1. The predicted molar refractivity (Wildman–Crippen MR) is 120 cm³/mol. The Labute approximate surface area is 186 Å². The summed E-state index contributed by atoms with van der Waals surface area (Å²) >= 11 is 0. The summed E-state index contributed by atoms with van der Waals surface area (Å²) in [5, 5.41) is 4.71. The molecule has 2 aliphatic rings. The van der Waals surface area contributed by atoms with Crippen molar-refractivity contribution in [2.45, 2.75) is 32.2 Å². The maximum absolute atomic E-state index is 12.8. The van der Waals surface area contributed by atoms with Crippen molar-refractivity contribution in [2.75, 3.05) is 19.9 Å². The van der Waals surface area contributed by atoms with Crippen molar-refractivity contribution >= 4 is 5.91 Å². The van der Waals surface area contributed by atoms with Gasteiger partial charge in [-0.05, 0) is 43.0 Å². The Balaban J connectivity index is 1.26.